The molecule has 0 saturated heterocycles. The second-order valence-corrected chi connectivity index (χ2v) is 6.91. The highest BCUT2D eigenvalue weighted by Gasteiger charge is 2.15. The van der Waals surface area contributed by atoms with Gasteiger partial charge in [0.2, 0.25) is 0 Å². The lowest BCUT2D eigenvalue weighted by Gasteiger charge is -2.21. The molecular weight excluding hydrogens is 390 g/mol. The Kier molecular flexibility index (Phi) is 8.04. The molecule has 152 valence electrons. The molecule has 0 heterocycles. The molecule has 1 N–H and O–H groups in total. The van der Waals surface area contributed by atoms with Crippen LogP contribution in [-0.4, -0.2) is 28.4 Å². The summed E-state index contributed by atoms with van der Waals surface area (Å²) in [7, 11) is 0. The number of halogens is 1. The summed E-state index contributed by atoms with van der Waals surface area (Å²) in [6.07, 6.45) is 3.61. The van der Waals surface area contributed by atoms with Gasteiger partial charge in [0.15, 0.2) is 0 Å². The molecule has 2 rings (SSSR count). The number of ether oxygens (including phenoxy) is 1. The van der Waals surface area contributed by atoms with Crippen LogP contribution in [0, 0.1) is 0 Å². The molecule has 0 bridgehead atoms. The molecule has 2 aromatic carbocycles. The van der Waals surface area contributed by atoms with Gasteiger partial charge in [-0.2, -0.15) is 0 Å². The number of hydrogen-bond donors (Lipinski definition) is 1. The molecule has 0 unspecified atom stereocenters. The van der Waals surface area contributed by atoms with Crippen LogP contribution in [0.25, 0.3) is 0 Å². The predicted molar refractivity (Wildman–Crippen MR) is 114 cm³/mol. The SMILES string of the molecule is CC=CC(Oc1ccc(C(=O)N(CC)Cc2ccc(C(=O)O)cc2)cc1)=C(C)Cl. The number of nitrogens with zero attached hydrogens (tertiary/aromatic N) is 1. The van der Waals surface area contributed by atoms with E-state index in [-0.39, 0.29) is 11.5 Å². The van der Waals surface area contributed by atoms with Crippen molar-refractivity contribution >= 4 is 23.5 Å². The number of carboxylic acids is 1. The van der Waals surface area contributed by atoms with Crippen molar-refractivity contribution in [1.29, 1.82) is 0 Å². The quantitative estimate of drug-likeness (QED) is 0.460. The Bertz CT molecular complexity index is 911. The first-order valence-electron chi connectivity index (χ1n) is 9.24. The topological polar surface area (TPSA) is 66.8 Å². The summed E-state index contributed by atoms with van der Waals surface area (Å²) in [6, 6.07) is 13.4. The summed E-state index contributed by atoms with van der Waals surface area (Å²) in [6.45, 7) is 6.44. The molecule has 0 aliphatic carbocycles. The van der Waals surface area contributed by atoms with Crippen molar-refractivity contribution in [2.75, 3.05) is 6.54 Å². The van der Waals surface area contributed by atoms with Gasteiger partial charge in [0, 0.05) is 18.7 Å². The summed E-state index contributed by atoms with van der Waals surface area (Å²) in [4.78, 5) is 25.5. The van der Waals surface area contributed by atoms with Crippen LogP contribution >= 0.6 is 11.6 Å². The highest BCUT2D eigenvalue weighted by atomic mass is 35.5. The van der Waals surface area contributed by atoms with E-state index >= 15 is 0 Å². The molecule has 29 heavy (non-hydrogen) atoms. The van der Waals surface area contributed by atoms with Crippen LogP contribution in [0.15, 0.2) is 71.5 Å². The molecule has 0 aromatic heterocycles. The summed E-state index contributed by atoms with van der Waals surface area (Å²) in [5.74, 6) is 0.0494. The van der Waals surface area contributed by atoms with E-state index in [1.807, 2.05) is 19.9 Å². The van der Waals surface area contributed by atoms with Crippen LogP contribution in [0.2, 0.25) is 0 Å². The number of allylic oxidation sites excluding steroid dienone is 3. The van der Waals surface area contributed by atoms with Crippen molar-refractivity contribution in [2.24, 2.45) is 0 Å². The van der Waals surface area contributed by atoms with Crippen LogP contribution in [0.4, 0.5) is 0 Å². The fraction of sp³-hybridized carbons (Fsp3) is 0.217. The smallest absolute Gasteiger partial charge is 0.335 e. The third-order valence-corrected chi connectivity index (χ3v) is 4.42. The number of amides is 1. The molecule has 0 atom stereocenters. The second kappa shape index (κ2) is 10.5. The van der Waals surface area contributed by atoms with Crippen molar-refractivity contribution in [3.63, 3.8) is 0 Å². The zero-order chi connectivity index (χ0) is 21.4. The summed E-state index contributed by atoms with van der Waals surface area (Å²) < 4.78 is 5.75. The summed E-state index contributed by atoms with van der Waals surface area (Å²) in [5, 5.41) is 9.53. The molecule has 0 aliphatic heterocycles. The van der Waals surface area contributed by atoms with Crippen LogP contribution in [0.5, 0.6) is 5.75 Å². The molecule has 0 aliphatic rings. The molecule has 0 radical (unpaired) electrons. The van der Waals surface area contributed by atoms with Gasteiger partial charge in [-0.15, -0.1) is 0 Å². The standard InChI is InChI=1S/C23H24ClNO4/c1-4-6-21(16(3)24)29-20-13-11-18(12-14-20)22(26)25(5-2)15-17-7-9-19(10-8-17)23(27)28/h4,6-14H,5,15H2,1-3H3,(H,27,28). The van der Waals surface area contributed by atoms with E-state index in [1.165, 1.54) is 12.1 Å². The molecule has 6 heteroatoms. The highest BCUT2D eigenvalue weighted by molar-refractivity contribution is 6.29. The molecule has 0 fully saturated rings. The summed E-state index contributed by atoms with van der Waals surface area (Å²) >= 11 is 6.03. The lowest BCUT2D eigenvalue weighted by atomic mass is 10.1. The minimum atomic E-state index is -0.973. The average molecular weight is 414 g/mol. The van der Waals surface area contributed by atoms with E-state index in [1.54, 1.807) is 54.3 Å². The van der Waals surface area contributed by atoms with Crippen LogP contribution in [-0.2, 0) is 6.54 Å². The highest BCUT2D eigenvalue weighted by Crippen LogP contribution is 2.20. The fourth-order valence-corrected chi connectivity index (χ4v) is 2.75. The maximum Gasteiger partial charge on any atom is 0.335 e. The maximum atomic E-state index is 12.8. The lowest BCUT2D eigenvalue weighted by molar-refractivity contribution is 0.0694. The number of aromatic carboxylic acids is 1. The van der Waals surface area contributed by atoms with Crippen LogP contribution in [0.1, 0.15) is 47.1 Å². The number of benzene rings is 2. The van der Waals surface area contributed by atoms with E-state index in [2.05, 4.69) is 0 Å². The van der Waals surface area contributed by atoms with E-state index in [4.69, 9.17) is 21.4 Å². The van der Waals surface area contributed by atoms with Gasteiger partial charge >= 0.3 is 5.97 Å². The van der Waals surface area contributed by atoms with Crippen molar-refractivity contribution in [3.8, 4) is 5.75 Å². The fourth-order valence-electron chi connectivity index (χ4n) is 2.65. The van der Waals surface area contributed by atoms with Gasteiger partial charge in [-0.1, -0.05) is 29.8 Å². The van der Waals surface area contributed by atoms with Crippen molar-refractivity contribution in [3.05, 3.63) is 88.2 Å². The Morgan fingerprint density at radius 1 is 1.07 bits per heavy atom. The first-order chi connectivity index (χ1) is 13.8. The largest absolute Gasteiger partial charge is 0.478 e. The van der Waals surface area contributed by atoms with Gasteiger partial charge < -0.3 is 14.7 Å². The normalized spacial score (nSPS) is 11.9. The van der Waals surface area contributed by atoms with Gasteiger partial charge in [0.25, 0.3) is 5.91 Å². The third kappa shape index (κ3) is 6.22. The molecule has 0 saturated carbocycles. The number of carbonyl (C=O) groups is 2. The van der Waals surface area contributed by atoms with Gasteiger partial charge in [0.05, 0.1) is 10.6 Å². The monoisotopic (exact) mass is 413 g/mol. The molecule has 1 amide bonds. The van der Waals surface area contributed by atoms with Crippen molar-refractivity contribution < 1.29 is 19.4 Å². The Balaban J connectivity index is 2.11. The van der Waals surface area contributed by atoms with E-state index in [0.29, 0.717) is 35.2 Å². The van der Waals surface area contributed by atoms with Crippen molar-refractivity contribution in [1.82, 2.24) is 4.90 Å². The number of hydrogen-bond acceptors (Lipinski definition) is 3. The molecule has 5 nitrogen and oxygen atoms in total. The van der Waals surface area contributed by atoms with Crippen LogP contribution in [0.3, 0.4) is 0 Å². The number of rotatable bonds is 8. The number of carbonyl (C=O) groups excluding carboxylic acids is 1. The van der Waals surface area contributed by atoms with Gasteiger partial charge in [-0.05, 0) is 68.8 Å². The third-order valence-electron chi connectivity index (χ3n) is 4.23. The van der Waals surface area contributed by atoms with Crippen molar-refractivity contribution in [2.45, 2.75) is 27.3 Å². The second-order valence-electron chi connectivity index (χ2n) is 6.35. The minimum absolute atomic E-state index is 0.112. The molecular formula is C23H24ClNO4. The Morgan fingerprint density at radius 2 is 1.66 bits per heavy atom. The van der Waals surface area contributed by atoms with E-state index in [9.17, 15) is 9.59 Å². The maximum absolute atomic E-state index is 12.8. The number of carboxylic acid groups (broad SMARTS) is 1. The van der Waals surface area contributed by atoms with E-state index in [0.717, 1.165) is 5.56 Å². The predicted octanol–water partition coefficient (Wildman–Crippen LogP) is 5.47. The zero-order valence-corrected chi connectivity index (χ0v) is 17.4. The summed E-state index contributed by atoms with van der Waals surface area (Å²) in [5.41, 5.74) is 1.63. The minimum Gasteiger partial charge on any atom is -0.478 e. The molecule has 2 aromatic rings. The molecule has 0 spiro atoms. The Hall–Kier alpha value is -3.05. The van der Waals surface area contributed by atoms with Gasteiger partial charge in [-0.25, -0.2) is 4.79 Å². The first kappa shape index (κ1) is 22.2. The Labute approximate surface area is 175 Å². The van der Waals surface area contributed by atoms with Gasteiger partial charge in [-0.3, -0.25) is 4.79 Å². The van der Waals surface area contributed by atoms with Crippen LogP contribution < -0.4 is 4.74 Å². The lowest BCUT2D eigenvalue weighted by Crippen LogP contribution is -2.30. The van der Waals surface area contributed by atoms with E-state index < -0.39 is 5.97 Å². The average Bonchev–Trinajstić information content (AvgIpc) is 2.72. The van der Waals surface area contributed by atoms with Gasteiger partial charge in [0.1, 0.15) is 11.5 Å². The zero-order valence-electron chi connectivity index (χ0n) is 16.7. The Morgan fingerprint density at radius 3 is 2.14 bits per heavy atom. The first-order valence-corrected chi connectivity index (χ1v) is 9.62.